The Morgan fingerprint density at radius 2 is 2.00 bits per heavy atom. The number of nitrogens with zero attached hydrogens (tertiary/aromatic N) is 4. The highest BCUT2D eigenvalue weighted by Gasteiger charge is 2.07. The molecule has 0 aliphatic heterocycles. The third-order valence-corrected chi connectivity index (χ3v) is 2.04. The topological polar surface area (TPSA) is 36.3 Å². The van der Waals surface area contributed by atoms with E-state index in [1.807, 2.05) is 51.3 Å². The quantitative estimate of drug-likeness (QED) is 0.692. The zero-order valence-corrected chi connectivity index (χ0v) is 9.57. The molecule has 1 rings (SSSR count). The number of hydrogen-bond donors (Lipinski definition) is 1. The van der Waals surface area contributed by atoms with Gasteiger partial charge in [0.2, 0.25) is 5.95 Å². The van der Waals surface area contributed by atoms with Crippen LogP contribution in [0.4, 0.5) is 5.95 Å². The molecule has 0 saturated carbocycles. The molecule has 5 heteroatoms. The molecule has 14 heavy (non-hydrogen) atoms. The molecular weight excluding hydrogens is 178 g/mol. The van der Waals surface area contributed by atoms with Gasteiger partial charge in [0.25, 0.3) is 0 Å². The summed E-state index contributed by atoms with van der Waals surface area (Å²) in [7, 11) is 9.96. The Kier molecular flexibility index (Phi) is 3.49. The fourth-order valence-corrected chi connectivity index (χ4v) is 1.25. The van der Waals surface area contributed by atoms with E-state index in [4.69, 9.17) is 0 Å². The van der Waals surface area contributed by atoms with Gasteiger partial charge in [-0.25, -0.2) is 10.4 Å². The highest BCUT2D eigenvalue weighted by Crippen LogP contribution is 2.10. The van der Waals surface area contributed by atoms with Crippen molar-refractivity contribution in [3.63, 3.8) is 0 Å². The van der Waals surface area contributed by atoms with Gasteiger partial charge >= 0.3 is 0 Å². The van der Waals surface area contributed by atoms with Crippen molar-refractivity contribution in [1.29, 1.82) is 0 Å². The first-order chi connectivity index (χ1) is 6.52. The summed E-state index contributed by atoms with van der Waals surface area (Å²) in [5.74, 6) is 0.973. The summed E-state index contributed by atoms with van der Waals surface area (Å²) in [6.45, 7) is 0.796. The predicted molar refractivity (Wildman–Crippen MR) is 58.1 cm³/mol. The number of aromatic nitrogens is 2. The Morgan fingerprint density at radius 1 is 1.36 bits per heavy atom. The Morgan fingerprint density at radius 3 is 2.43 bits per heavy atom. The van der Waals surface area contributed by atoms with E-state index in [0.29, 0.717) is 0 Å². The lowest BCUT2D eigenvalue weighted by Gasteiger charge is -2.14. The molecule has 0 atom stereocenters. The molecule has 0 aliphatic rings. The Labute approximate surface area is 85.3 Å². The minimum absolute atomic E-state index is 0.796. The summed E-state index contributed by atoms with van der Waals surface area (Å²) in [5.41, 5.74) is 4.38. The van der Waals surface area contributed by atoms with Gasteiger partial charge in [0, 0.05) is 35.2 Å². The Hall–Kier alpha value is -1.07. The van der Waals surface area contributed by atoms with Gasteiger partial charge < -0.3 is 9.47 Å². The second-order valence-electron chi connectivity index (χ2n) is 3.73. The van der Waals surface area contributed by atoms with Crippen LogP contribution in [0.5, 0.6) is 0 Å². The molecule has 1 heterocycles. The maximum Gasteiger partial charge on any atom is 0.204 e. The normalized spacial score (nSPS) is 11.0. The zero-order valence-electron chi connectivity index (χ0n) is 9.57. The summed E-state index contributed by atoms with van der Waals surface area (Å²) < 4.78 is 2.08. The largest absolute Gasteiger partial charge is 0.348 e. The summed E-state index contributed by atoms with van der Waals surface area (Å²) in [6.07, 6.45) is 1.89. The van der Waals surface area contributed by atoms with Crippen molar-refractivity contribution in [3.05, 3.63) is 11.9 Å². The van der Waals surface area contributed by atoms with Crippen LogP contribution in [0, 0.1) is 0 Å². The summed E-state index contributed by atoms with van der Waals surface area (Å²) >= 11 is 0. The van der Waals surface area contributed by atoms with Crippen molar-refractivity contribution in [2.45, 2.75) is 6.54 Å². The third kappa shape index (κ3) is 2.46. The maximum atomic E-state index is 4.32. The molecule has 80 valence electrons. The molecule has 1 N–H and O–H groups in total. The molecule has 0 fully saturated rings. The number of imidazole rings is 1. The molecule has 0 aromatic carbocycles. The average Bonchev–Trinajstić information content (AvgIpc) is 2.43. The third-order valence-electron chi connectivity index (χ3n) is 2.04. The van der Waals surface area contributed by atoms with E-state index in [0.717, 1.165) is 12.5 Å². The van der Waals surface area contributed by atoms with Crippen LogP contribution in [0.3, 0.4) is 0 Å². The summed E-state index contributed by atoms with van der Waals surface area (Å²) in [4.78, 5) is 6.32. The van der Waals surface area contributed by atoms with Gasteiger partial charge in [0.1, 0.15) is 0 Å². The first kappa shape index (κ1) is 11.0. The van der Waals surface area contributed by atoms with Crippen LogP contribution in [-0.4, -0.2) is 42.8 Å². The van der Waals surface area contributed by atoms with Gasteiger partial charge in [0.15, 0.2) is 0 Å². The molecule has 0 bridgehead atoms. The number of rotatable bonds is 4. The number of hydrazine groups is 1. The van der Waals surface area contributed by atoms with E-state index in [1.54, 1.807) is 0 Å². The first-order valence-corrected chi connectivity index (χ1v) is 4.61. The van der Waals surface area contributed by atoms with Crippen LogP contribution in [0.25, 0.3) is 0 Å². The minimum Gasteiger partial charge on any atom is -0.348 e. The van der Waals surface area contributed by atoms with Crippen LogP contribution in [-0.2, 0) is 13.6 Å². The van der Waals surface area contributed by atoms with Crippen LogP contribution < -0.4 is 10.3 Å². The van der Waals surface area contributed by atoms with Gasteiger partial charge in [-0.3, -0.25) is 5.01 Å². The van der Waals surface area contributed by atoms with Gasteiger partial charge in [-0.1, -0.05) is 0 Å². The van der Waals surface area contributed by atoms with Crippen molar-refractivity contribution in [3.8, 4) is 0 Å². The van der Waals surface area contributed by atoms with Crippen LogP contribution in [0.2, 0.25) is 0 Å². The summed E-state index contributed by atoms with van der Waals surface area (Å²) in [5, 5.41) is 1.93. The molecule has 0 amide bonds. The first-order valence-electron chi connectivity index (χ1n) is 4.61. The lowest BCUT2D eigenvalue weighted by Crippen LogP contribution is -2.30. The van der Waals surface area contributed by atoms with Crippen molar-refractivity contribution >= 4 is 5.95 Å². The van der Waals surface area contributed by atoms with Gasteiger partial charge in [0.05, 0.1) is 18.4 Å². The fourth-order valence-electron chi connectivity index (χ4n) is 1.25. The zero-order chi connectivity index (χ0) is 10.7. The molecule has 5 nitrogen and oxygen atoms in total. The number of nitrogens with one attached hydrogen (secondary N) is 1. The molecule has 0 aliphatic carbocycles. The van der Waals surface area contributed by atoms with E-state index in [9.17, 15) is 0 Å². The highest BCUT2D eigenvalue weighted by molar-refractivity contribution is 5.30. The van der Waals surface area contributed by atoms with E-state index >= 15 is 0 Å². The SMILES string of the molecule is CN(C)NCc1cnc(N(C)C)n1C. The molecular formula is C9H19N5. The molecule has 1 aromatic heterocycles. The van der Waals surface area contributed by atoms with E-state index < -0.39 is 0 Å². The van der Waals surface area contributed by atoms with Gasteiger partial charge in [-0.2, -0.15) is 0 Å². The lowest BCUT2D eigenvalue weighted by atomic mass is 10.5. The molecule has 0 saturated heterocycles. The molecule has 1 aromatic rings. The lowest BCUT2D eigenvalue weighted by molar-refractivity contribution is 0.282. The van der Waals surface area contributed by atoms with Crippen LogP contribution in [0.15, 0.2) is 6.20 Å². The highest BCUT2D eigenvalue weighted by atomic mass is 15.5. The van der Waals surface area contributed by atoms with Crippen molar-refractivity contribution in [2.24, 2.45) is 7.05 Å². The minimum atomic E-state index is 0.796. The van der Waals surface area contributed by atoms with Crippen molar-refractivity contribution in [1.82, 2.24) is 20.0 Å². The van der Waals surface area contributed by atoms with E-state index in [-0.39, 0.29) is 0 Å². The second-order valence-corrected chi connectivity index (χ2v) is 3.73. The Balaban J connectivity index is 2.70. The second kappa shape index (κ2) is 4.43. The van der Waals surface area contributed by atoms with E-state index in [2.05, 4.69) is 15.0 Å². The Bertz CT molecular complexity index is 289. The number of anilines is 1. The van der Waals surface area contributed by atoms with Crippen molar-refractivity contribution in [2.75, 3.05) is 33.1 Å². The fraction of sp³-hybridized carbons (Fsp3) is 0.667. The predicted octanol–water partition coefficient (Wildman–Crippen LogP) is 0.0523. The monoisotopic (exact) mass is 197 g/mol. The van der Waals surface area contributed by atoms with E-state index in [1.165, 1.54) is 5.69 Å². The number of hydrogen-bond acceptors (Lipinski definition) is 4. The molecule has 0 radical (unpaired) electrons. The average molecular weight is 197 g/mol. The molecule has 0 unspecified atom stereocenters. The van der Waals surface area contributed by atoms with Gasteiger partial charge in [-0.15, -0.1) is 0 Å². The maximum absolute atomic E-state index is 4.32. The van der Waals surface area contributed by atoms with Gasteiger partial charge in [-0.05, 0) is 0 Å². The van der Waals surface area contributed by atoms with Crippen LogP contribution in [0.1, 0.15) is 5.69 Å². The smallest absolute Gasteiger partial charge is 0.204 e. The van der Waals surface area contributed by atoms with Crippen LogP contribution >= 0.6 is 0 Å². The summed E-state index contributed by atoms with van der Waals surface area (Å²) in [6, 6.07) is 0. The van der Waals surface area contributed by atoms with Crippen molar-refractivity contribution < 1.29 is 0 Å². The standard InChI is InChI=1S/C9H19N5/c1-12(2)9-10-6-8(14(9)5)7-11-13(3)4/h6,11H,7H2,1-5H3. The molecule has 0 spiro atoms.